The summed E-state index contributed by atoms with van der Waals surface area (Å²) in [5.74, 6) is -2.94. The van der Waals surface area contributed by atoms with Crippen LogP contribution in [-0.4, -0.2) is 33.3 Å². The van der Waals surface area contributed by atoms with E-state index >= 15 is 0 Å². The van der Waals surface area contributed by atoms with E-state index < -0.39 is 17.6 Å². The molecule has 0 aliphatic carbocycles. The maximum atomic E-state index is 14.4. The average Bonchev–Trinajstić information content (AvgIpc) is 3.37. The van der Waals surface area contributed by atoms with Crippen LogP contribution in [0, 0.1) is 11.6 Å². The van der Waals surface area contributed by atoms with E-state index in [9.17, 15) is 18.4 Å². The zero-order valence-electron chi connectivity index (χ0n) is 21.1. The third-order valence-electron chi connectivity index (χ3n) is 6.72. The smallest absolute Gasteiger partial charge is 0.306 e. The van der Waals surface area contributed by atoms with E-state index in [1.54, 1.807) is 23.1 Å². The molecule has 8 nitrogen and oxygen atoms in total. The second kappa shape index (κ2) is 11.1. The van der Waals surface area contributed by atoms with E-state index in [4.69, 9.17) is 16.2 Å². The Bertz CT molecular complexity index is 1550. The highest BCUT2D eigenvalue weighted by Gasteiger charge is 2.27. The minimum atomic E-state index is -1.06. The lowest BCUT2D eigenvalue weighted by atomic mass is 9.97. The molecule has 0 saturated carbocycles. The van der Waals surface area contributed by atoms with E-state index in [1.807, 2.05) is 24.3 Å². The normalized spacial score (nSPS) is 12.5. The Kier molecular flexibility index (Phi) is 7.47. The molecule has 0 spiro atoms. The number of ether oxygens (including phenoxy) is 1. The van der Waals surface area contributed by atoms with Crippen molar-refractivity contribution in [3.05, 3.63) is 88.6 Å². The number of unbranched alkanes of at least 4 members (excludes halogenated alkanes) is 1. The Balaban J connectivity index is 1.49. The molecule has 0 radical (unpaired) electrons. The van der Waals surface area contributed by atoms with Crippen LogP contribution in [0.3, 0.4) is 0 Å². The van der Waals surface area contributed by atoms with Gasteiger partial charge in [0.1, 0.15) is 12.3 Å². The minimum Gasteiger partial charge on any atom is -0.461 e. The van der Waals surface area contributed by atoms with Gasteiger partial charge in [0.2, 0.25) is 5.95 Å². The Hall–Kier alpha value is -4.44. The molecule has 0 saturated heterocycles. The monoisotopic (exact) mass is 531 g/mol. The van der Waals surface area contributed by atoms with E-state index in [0.29, 0.717) is 54.5 Å². The molecule has 3 aromatic carbocycles. The Morgan fingerprint density at radius 3 is 2.38 bits per heavy atom. The first kappa shape index (κ1) is 26.2. The van der Waals surface area contributed by atoms with Gasteiger partial charge in [-0.05, 0) is 65.9 Å². The van der Waals surface area contributed by atoms with Crippen molar-refractivity contribution in [2.45, 2.75) is 39.0 Å². The van der Waals surface area contributed by atoms with E-state index in [1.165, 1.54) is 0 Å². The minimum absolute atomic E-state index is 0.0506. The van der Waals surface area contributed by atoms with E-state index in [0.717, 1.165) is 23.3 Å². The first-order chi connectivity index (χ1) is 18.8. The van der Waals surface area contributed by atoms with Crippen LogP contribution in [0.25, 0.3) is 22.0 Å². The van der Waals surface area contributed by atoms with Gasteiger partial charge in [0.05, 0.1) is 5.52 Å². The molecule has 2 heterocycles. The molecule has 0 unspecified atom stereocenters. The van der Waals surface area contributed by atoms with Crippen LogP contribution in [-0.2, 0) is 29.2 Å². The lowest BCUT2D eigenvalue weighted by molar-refractivity contribution is -0.145. The fourth-order valence-corrected chi connectivity index (χ4v) is 4.72. The third-order valence-corrected chi connectivity index (χ3v) is 6.72. The number of aromatic nitrogens is 2. The average molecular weight is 532 g/mol. The van der Waals surface area contributed by atoms with Crippen molar-refractivity contribution in [2.24, 2.45) is 5.73 Å². The highest BCUT2D eigenvalue weighted by molar-refractivity contribution is 6.06. The summed E-state index contributed by atoms with van der Waals surface area (Å²) in [5, 5.41) is 0.414. The zero-order chi connectivity index (χ0) is 27.5. The molecule has 1 aromatic heterocycles. The molecule has 4 N–H and O–H groups in total. The molecule has 4 aromatic rings. The number of anilines is 1. The summed E-state index contributed by atoms with van der Waals surface area (Å²) in [6.07, 6.45) is 1.43. The molecule has 0 bridgehead atoms. The number of benzene rings is 3. The second-order valence-electron chi connectivity index (χ2n) is 9.42. The van der Waals surface area contributed by atoms with Crippen LogP contribution in [0.4, 0.5) is 14.7 Å². The maximum absolute atomic E-state index is 14.4. The van der Waals surface area contributed by atoms with Gasteiger partial charge in [-0.15, -0.1) is 0 Å². The molecule has 0 atom stereocenters. The number of rotatable bonds is 8. The largest absolute Gasteiger partial charge is 0.461 e. The van der Waals surface area contributed by atoms with Gasteiger partial charge in [0, 0.05) is 30.5 Å². The van der Waals surface area contributed by atoms with Crippen LogP contribution in [0.2, 0.25) is 0 Å². The molecule has 5 rings (SSSR count). The highest BCUT2D eigenvalue weighted by atomic mass is 19.2. The summed E-state index contributed by atoms with van der Waals surface area (Å²) >= 11 is 0. The van der Waals surface area contributed by atoms with Gasteiger partial charge in [-0.2, -0.15) is 0 Å². The number of hydrogen-bond acceptors (Lipinski definition) is 7. The van der Waals surface area contributed by atoms with Crippen molar-refractivity contribution in [2.75, 3.05) is 12.3 Å². The SMILES string of the molecule is NCCCCC(=O)OCc1cc(F)c(F)cc1-c1ccc2nc(N)nc(C(=O)N3Cc4ccccc4C3)c2c1. The van der Waals surface area contributed by atoms with Crippen molar-refractivity contribution in [1.29, 1.82) is 0 Å². The van der Waals surface area contributed by atoms with Crippen molar-refractivity contribution in [3.8, 4) is 11.1 Å². The predicted molar refractivity (Wildman–Crippen MR) is 142 cm³/mol. The van der Waals surface area contributed by atoms with E-state index in [-0.39, 0.29) is 36.1 Å². The van der Waals surface area contributed by atoms with Crippen LogP contribution in [0.1, 0.15) is 46.4 Å². The predicted octanol–water partition coefficient (Wildman–Crippen LogP) is 4.49. The lowest BCUT2D eigenvalue weighted by Gasteiger charge is -2.17. The number of fused-ring (bicyclic) bond motifs is 2. The first-order valence-corrected chi connectivity index (χ1v) is 12.6. The van der Waals surface area contributed by atoms with Gasteiger partial charge in [-0.25, -0.2) is 18.7 Å². The van der Waals surface area contributed by atoms with Crippen LogP contribution >= 0.6 is 0 Å². The number of nitrogens with zero attached hydrogens (tertiary/aromatic N) is 3. The molecule has 39 heavy (non-hydrogen) atoms. The molecule has 1 amide bonds. The van der Waals surface area contributed by atoms with Gasteiger partial charge in [-0.1, -0.05) is 30.3 Å². The van der Waals surface area contributed by atoms with Crippen molar-refractivity contribution < 1.29 is 23.1 Å². The molecular weight excluding hydrogens is 504 g/mol. The first-order valence-electron chi connectivity index (χ1n) is 12.6. The number of carbonyl (C=O) groups is 2. The molecular formula is C29H27F2N5O3. The fraction of sp³-hybridized carbons (Fsp3) is 0.241. The number of carbonyl (C=O) groups excluding carboxylic acids is 2. The molecule has 10 heteroatoms. The number of halogens is 2. The third kappa shape index (κ3) is 5.56. The molecule has 200 valence electrons. The van der Waals surface area contributed by atoms with Crippen molar-refractivity contribution >= 4 is 28.7 Å². The van der Waals surface area contributed by atoms with Gasteiger partial charge >= 0.3 is 5.97 Å². The number of nitrogens with two attached hydrogens (primary N) is 2. The zero-order valence-corrected chi connectivity index (χ0v) is 21.1. The van der Waals surface area contributed by atoms with Crippen molar-refractivity contribution in [3.63, 3.8) is 0 Å². The van der Waals surface area contributed by atoms with Crippen molar-refractivity contribution in [1.82, 2.24) is 14.9 Å². The number of amides is 1. The summed E-state index contributed by atoms with van der Waals surface area (Å²) in [4.78, 5) is 35.9. The molecule has 0 fully saturated rings. The molecule has 1 aliphatic heterocycles. The summed E-state index contributed by atoms with van der Waals surface area (Å²) in [6.45, 7) is 1.09. The highest BCUT2D eigenvalue weighted by Crippen LogP contribution is 2.32. The van der Waals surface area contributed by atoms with Gasteiger partial charge < -0.3 is 21.1 Å². The van der Waals surface area contributed by atoms with Crippen LogP contribution in [0.15, 0.2) is 54.6 Å². The number of esters is 1. The van der Waals surface area contributed by atoms with Gasteiger partial charge in [0.25, 0.3) is 5.91 Å². The summed E-state index contributed by atoms with van der Waals surface area (Å²) in [7, 11) is 0. The maximum Gasteiger partial charge on any atom is 0.306 e. The summed E-state index contributed by atoms with van der Waals surface area (Å²) < 4.78 is 33.9. The van der Waals surface area contributed by atoms with E-state index in [2.05, 4.69) is 9.97 Å². The fourth-order valence-electron chi connectivity index (χ4n) is 4.72. The Morgan fingerprint density at radius 1 is 0.949 bits per heavy atom. The number of nitrogen functional groups attached to an aromatic ring is 1. The Morgan fingerprint density at radius 2 is 1.67 bits per heavy atom. The standard InChI is InChI=1S/C29H27F2N5O3/c30-23-12-20(16-39-26(37)7-3-4-10-32)21(13-24(23)31)17-8-9-25-22(11-17)27(35-29(33)34-25)28(38)36-14-18-5-1-2-6-19(18)15-36/h1-2,5-6,8-9,11-13H,3-4,7,10,14-16,32H2,(H2,33,34,35). The van der Waals surface area contributed by atoms with Crippen LogP contribution < -0.4 is 11.5 Å². The lowest BCUT2D eigenvalue weighted by Crippen LogP contribution is -2.27. The summed E-state index contributed by atoms with van der Waals surface area (Å²) in [5.41, 5.74) is 15.1. The number of hydrogen-bond donors (Lipinski definition) is 2. The molecule has 1 aliphatic rings. The van der Waals surface area contributed by atoms with Gasteiger partial charge in [0.15, 0.2) is 11.6 Å². The summed E-state index contributed by atoms with van der Waals surface area (Å²) in [6, 6.07) is 14.8. The quantitative estimate of drug-likeness (QED) is 0.254. The van der Waals surface area contributed by atoms with Gasteiger partial charge in [-0.3, -0.25) is 9.59 Å². The van der Waals surface area contributed by atoms with Crippen LogP contribution in [0.5, 0.6) is 0 Å². The second-order valence-corrected chi connectivity index (χ2v) is 9.42. The Labute approximate surface area is 223 Å². The topological polar surface area (TPSA) is 124 Å².